The van der Waals surface area contributed by atoms with Crippen LogP contribution >= 0.6 is 0 Å². The van der Waals surface area contributed by atoms with Gasteiger partial charge in [-0.25, -0.2) is 0 Å². The van der Waals surface area contributed by atoms with Crippen molar-refractivity contribution in [3.8, 4) is 0 Å². The van der Waals surface area contributed by atoms with Crippen LogP contribution in [-0.4, -0.2) is 5.71 Å². The molecule has 1 nitrogen and oxygen atoms in total. The van der Waals surface area contributed by atoms with Gasteiger partial charge in [0.05, 0.1) is 11.4 Å². The molecule has 3 aromatic rings. The molecule has 19 heavy (non-hydrogen) atoms. The highest BCUT2D eigenvalue weighted by atomic mass is 14.8. The van der Waals surface area contributed by atoms with Gasteiger partial charge in [0.15, 0.2) is 0 Å². The minimum Gasteiger partial charge on any atom is -0.252 e. The van der Waals surface area contributed by atoms with Crippen LogP contribution in [0.3, 0.4) is 0 Å². The van der Waals surface area contributed by atoms with Crippen LogP contribution in [0, 0.1) is 0 Å². The van der Waals surface area contributed by atoms with Crippen molar-refractivity contribution in [2.24, 2.45) is 4.99 Å². The molecule has 0 saturated carbocycles. The number of hydrogen-bond acceptors (Lipinski definition) is 1. The van der Waals surface area contributed by atoms with Crippen molar-refractivity contribution >= 4 is 22.2 Å². The maximum atomic E-state index is 4.79. The van der Waals surface area contributed by atoms with Gasteiger partial charge >= 0.3 is 0 Å². The summed E-state index contributed by atoms with van der Waals surface area (Å²) in [5, 5.41) is 2.56. The number of nitrogens with zero attached hydrogens (tertiary/aromatic N) is 1. The number of rotatable bonds is 1. The molecular formula is C18H13N. The van der Waals surface area contributed by atoms with Crippen LogP contribution in [0.15, 0.2) is 71.7 Å². The summed E-state index contributed by atoms with van der Waals surface area (Å²) in [7, 11) is 0. The van der Waals surface area contributed by atoms with Crippen molar-refractivity contribution in [1.29, 1.82) is 0 Å². The lowest BCUT2D eigenvalue weighted by Gasteiger charge is -2.01. The summed E-state index contributed by atoms with van der Waals surface area (Å²) in [6.45, 7) is 0. The van der Waals surface area contributed by atoms with Gasteiger partial charge in [0, 0.05) is 6.42 Å². The first-order valence-corrected chi connectivity index (χ1v) is 6.55. The van der Waals surface area contributed by atoms with E-state index in [9.17, 15) is 0 Å². The summed E-state index contributed by atoms with van der Waals surface area (Å²) in [5.41, 5.74) is 4.85. The van der Waals surface area contributed by atoms with Crippen LogP contribution in [0.5, 0.6) is 0 Å². The largest absolute Gasteiger partial charge is 0.252 e. The summed E-state index contributed by atoms with van der Waals surface area (Å²) < 4.78 is 0. The molecule has 1 heteroatoms. The van der Waals surface area contributed by atoms with E-state index in [1.54, 1.807) is 0 Å². The zero-order valence-corrected chi connectivity index (χ0v) is 10.5. The summed E-state index contributed by atoms with van der Waals surface area (Å²) in [6, 6.07) is 23.4. The van der Waals surface area contributed by atoms with Gasteiger partial charge in [-0.15, -0.1) is 0 Å². The standard InChI is InChI=1S/C18H13N/c1-2-6-13(7-3-1)17-12-16-10-14-8-4-5-9-15(14)11-18(16)19-17/h1-11H,12H2. The monoisotopic (exact) mass is 243 g/mol. The minimum absolute atomic E-state index is 0.935. The van der Waals surface area contributed by atoms with Crippen molar-refractivity contribution in [2.45, 2.75) is 6.42 Å². The molecule has 0 aliphatic carbocycles. The Hall–Kier alpha value is -2.41. The molecule has 3 aromatic carbocycles. The number of aliphatic imine (C=N–C) groups is 1. The summed E-state index contributed by atoms with van der Waals surface area (Å²) in [6.07, 6.45) is 0.935. The van der Waals surface area contributed by atoms with E-state index < -0.39 is 0 Å². The predicted molar refractivity (Wildman–Crippen MR) is 80.3 cm³/mol. The van der Waals surface area contributed by atoms with Gasteiger partial charge in [0.25, 0.3) is 0 Å². The Bertz CT molecular complexity index is 785. The van der Waals surface area contributed by atoms with Crippen LogP contribution in [0.4, 0.5) is 5.69 Å². The predicted octanol–water partition coefficient (Wildman–Crippen LogP) is 4.52. The van der Waals surface area contributed by atoms with Crippen LogP contribution in [0.2, 0.25) is 0 Å². The first-order chi connectivity index (χ1) is 9.40. The zero-order chi connectivity index (χ0) is 12.7. The van der Waals surface area contributed by atoms with E-state index >= 15 is 0 Å². The Labute approximate surface area is 112 Å². The normalized spacial score (nSPS) is 13.4. The topological polar surface area (TPSA) is 12.4 Å². The second-order valence-electron chi connectivity index (χ2n) is 4.93. The summed E-state index contributed by atoms with van der Waals surface area (Å²) >= 11 is 0. The fourth-order valence-electron chi connectivity index (χ4n) is 2.68. The second kappa shape index (κ2) is 4.06. The van der Waals surface area contributed by atoms with Gasteiger partial charge in [-0.2, -0.15) is 0 Å². The molecular weight excluding hydrogens is 230 g/mol. The molecule has 1 heterocycles. The van der Waals surface area contributed by atoms with Crippen molar-refractivity contribution in [1.82, 2.24) is 0 Å². The van der Waals surface area contributed by atoms with E-state index in [-0.39, 0.29) is 0 Å². The molecule has 0 atom stereocenters. The summed E-state index contributed by atoms with van der Waals surface area (Å²) in [4.78, 5) is 4.79. The van der Waals surface area contributed by atoms with Crippen molar-refractivity contribution in [3.63, 3.8) is 0 Å². The second-order valence-corrected chi connectivity index (χ2v) is 4.93. The van der Waals surface area contributed by atoms with Gasteiger partial charge in [-0.1, -0.05) is 54.6 Å². The Morgan fingerprint density at radius 2 is 1.42 bits per heavy atom. The quantitative estimate of drug-likeness (QED) is 0.596. The number of fused-ring (bicyclic) bond motifs is 2. The number of hydrogen-bond donors (Lipinski definition) is 0. The maximum Gasteiger partial charge on any atom is 0.0675 e. The van der Waals surface area contributed by atoms with E-state index in [2.05, 4.69) is 60.7 Å². The smallest absolute Gasteiger partial charge is 0.0675 e. The highest BCUT2D eigenvalue weighted by Gasteiger charge is 2.16. The Morgan fingerprint density at radius 3 is 2.21 bits per heavy atom. The average molecular weight is 243 g/mol. The SMILES string of the molecule is c1ccc(C2=Nc3cc4ccccc4cc3C2)cc1. The number of benzene rings is 3. The average Bonchev–Trinajstić information content (AvgIpc) is 2.88. The van der Waals surface area contributed by atoms with Crippen molar-refractivity contribution in [3.05, 3.63) is 77.9 Å². The van der Waals surface area contributed by atoms with Gasteiger partial charge in [0.2, 0.25) is 0 Å². The fraction of sp³-hybridized carbons (Fsp3) is 0.0556. The van der Waals surface area contributed by atoms with Gasteiger partial charge in [-0.05, 0) is 34.0 Å². The molecule has 0 fully saturated rings. The lowest BCUT2D eigenvalue weighted by atomic mass is 10.0. The van der Waals surface area contributed by atoms with Crippen LogP contribution in [0.1, 0.15) is 11.1 Å². The Kier molecular flexibility index (Phi) is 2.25. The Balaban J connectivity index is 1.83. The third-order valence-electron chi connectivity index (χ3n) is 3.67. The molecule has 0 bridgehead atoms. The fourth-order valence-corrected chi connectivity index (χ4v) is 2.68. The van der Waals surface area contributed by atoms with Crippen LogP contribution in [0.25, 0.3) is 10.8 Å². The molecule has 0 amide bonds. The van der Waals surface area contributed by atoms with E-state index in [0.29, 0.717) is 0 Å². The third kappa shape index (κ3) is 1.75. The van der Waals surface area contributed by atoms with E-state index in [4.69, 9.17) is 4.99 Å². The lowest BCUT2D eigenvalue weighted by molar-refractivity contribution is 1.40. The maximum absolute atomic E-state index is 4.79. The van der Waals surface area contributed by atoms with Crippen LogP contribution < -0.4 is 0 Å². The molecule has 0 aromatic heterocycles. The molecule has 0 spiro atoms. The highest BCUT2D eigenvalue weighted by molar-refractivity contribution is 6.07. The highest BCUT2D eigenvalue weighted by Crippen LogP contribution is 2.32. The minimum atomic E-state index is 0.935. The molecule has 1 aliphatic heterocycles. The molecule has 0 N–H and O–H groups in total. The molecule has 0 radical (unpaired) electrons. The van der Waals surface area contributed by atoms with Crippen LogP contribution in [-0.2, 0) is 6.42 Å². The molecule has 0 unspecified atom stereocenters. The van der Waals surface area contributed by atoms with E-state index in [1.165, 1.54) is 27.6 Å². The van der Waals surface area contributed by atoms with Crippen molar-refractivity contribution in [2.75, 3.05) is 0 Å². The Morgan fingerprint density at radius 1 is 0.737 bits per heavy atom. The van der Waals surface area contributed by atoms with Gasteiger partial charge < -0.3 is 0 Å². The van der Waals surface area contributed by atoms with Gasteiger partial charge in [0.1, 0.15) is 0 Å². The van der Waals surface area contributed by atoms with Crippen molar-refractivity contribution < 1.29 is 0 Å². The molecule has 4 rings (SSSR count). The molecule has 0 saturated heterocycles. The zero-order valence-electron chi connectivity index (χ0n) is 10.5. The third-order valence-corrected chi connectivity index (χ3v) is 3.67. The molecule has 1 aliphatic rings. The summed E-state index contributed by atoms with van der Waals surface area (Å²) in [5.74, 6) is 0. The van der Waals surface area contributed by atoms with E-state index in [1.807, 2.05) is 6.07 Å². The first-order valence-electron chi connectivity index (χ1n) is 6.55. The lowest BCUT2D eigenvalue weighted by Crippen LogP contribution is -1.99. The van der Waals surface area contributed by atoms with Gasteiger partial charge in [-0.3, -0.25) is 4.99 Å². The van der Waals surface area contributed by atoms with E-state index in [0.717, 1.165) is 12.1 Å². The first kappa shape index (κ1) is 10.5. The molecule has 90 valence electrons.